The number of ketones is 1. The summed E-state index contributed by atoms with van der Waals surface area (Å²) in [5.74, 6) is 0.800. The number of allylic oxidation sites excluding steroid dienone is 4. The lowest BCUT2D eigenvalue weighted by atomic mass is 9.89. The molecule has 7 nitrogen and oxygen atoms in total. The van der Waals surface area contributed by atoms with Crippen LogP contribution < -0.4 is 0 Å². The van der Waals surface area contributed by atoms with Crippen LogP contribution in [0.2, 0.25) is 0 Å². The predicted molar refractivity (Wildman–Crippen MR) is 135 cm³/mol. The van der Waals surface area contributed by atoms with E-state index in [1.165, 1.54) is 5.57 Å². The lowest BCUT2D eigenvalue weighted by Crippen LogP contribution is -2.21. The van der Waals surface area contributed by atoms with Crippen LogP contribution in [0.1, 0.15) is 74.9 Å². The van der Waals surface area contributed by atoms with E-state index in [1.54, 1.807) is 6.08 Å². The van der Waals surface area contributed by atoms with Crippen LogP contribution in [-0.2, 0) is 27.8 Å². The number of aldehydes is 1. The number of carbonyl (C=O) groups excluding carboxylic acids is 2. The van der Waals surface area contributed by atoms with Crippen molar-refractivity contribution in [3.05, 3.63) is 52.9 Å². The third kappa shape index (κ3) is 6.20. The van der Waals surface area contributed by atoms with Gasteiger partial charge in [0.15, 0.2) is 5.78 Å². The Bertz CT molecular complexity index is 1120. The number of hydrogen-bond acceptors (Lipinski definition) is 6. The lowest BCUT2D eigenvalue weighted by molar-refractivity contribution is -0.115. The van der Waals surface area contributed by atoms with Crippen molar-refractivity contribution in [1.82, 2.24) is 20.0 Å². The number of aryl methyl sites for hydroxylation is 2. The first-order valence-corrected chi connectivity index (χ1v) is 12.8. The molecule has 0 radical (unpaired) electrons. The topological polar surface area (TPSA) is 87.0 Å². The van der Waals surface area contributed by atoms with E-state index in [2.05, 4.69) is 29.4 Å². The van der Waals surface area contributed by atoms with Gasteiger partial charge in [0, 0.05) is 37.8 Å². The Hall–Kier alpha value is -2.93. The third-order valence-electron chi connectivity index (χ3n) is 7.17. The van der Waals surface area contributed by atoms with Crippen LogP contribution in [0.4, 0.5) is 0 Å². The van der Waals surface area contributed by atoms with E-state index in [0.29, 0.717) is 25.4 Å². The maximum atomic E-state index is 12.2. The van der Waals surface area contributed by atoms with Crippen molar-refractivity contribution in [3.63, 3.8) is 0 Å². The van der Waals surface area contributed by atoms with Gasteiger partial charge in [0.05, 0.1) is 17.5 Å². The van der Waals surface area contributed by atoms with E-state index in [1.807, 2.05) is 30.8 Å². The van der Waals surface area contributed by atoms with E-state index >= 15 is 0 Å². The molecule has 2 aliphatic rings. The Morgan fingerprint density at radius 1 is 1.23 bits per heavy atom. The van der Waals surface area contributed by atoms with E-state index in [9.17, 15) is 9.59 Å². The number of pyridine rings is 1. The monoisotopic (exact) mass is 476 g/mol. The SMILES string of the molecule is CCCC1=C/C(Cc2c(-c3ccc(C4CC(CC=O)CCO4)c(C)n3)nnn2C)CCC(=O)/C=C\1. The second kappa shape index (κ2) is 11.7. The molecule has 3 heterocycles. The summed E-state index contributed by atoms with van der Waals surface area (Å²) in [6, 6.07) is 4.09. The number of nitrogens with zero attached hydrogens (tertiary/aromatic N) is 4. The zero-order valence-electron chi connectivity index (χ0n) is 21.1. The largest absolute Gasteiger partial charge is 0.373 e. The summed E-state index contributed by atoms with van der Waals surface area (Å²) in [6.07, 6.45) is 13.5. The van der Waals surface area contributed by atoms with Crippen molar-refractivity contribution in [2.24, 2.45) is 18.9 Å². The molecule has 186 valence electrons. The standard InChI is InChI=1S/C28H36N4O3/c1-4-5-20-6-8-23(34)9-7-22(16-20)17-26-28(30-31-32(26)3)25-11-10-24(19(2)29-25)27-18-21(12-14-33)13-15-35-27/h6,8,10-11,14,16,21-22,27H,4-5,7,9,12-13,15,17-18H2,1-3H3/b8-6-,20-16-. The van der Waals surface area contributed by atoms with Crippen molar-refractivity contribution in [2.45, 2.75) is 71.3 Å². The van der Waals surface area contributed by atoms with Gasteiger partial charge in [-0.25, -0.2) is 0 Å². The summed E-state index contributed by atoms with van der Waals surface area (Å²) in [5, 5.41) is 8.77. The molecule has 1 aliphatic heterocycles. The fraction of sp³-hybridized carbons (Fsp3) is 0.536. The fourth-order valence-corrected chi connectivity index (χ4v) is 5.20. The van der Waals surface area contributed by atoms with Gasteiger partial charge in [0.2, 0.25) is 0 Å². The van der Waals surface area contributed by atoms with Crippen molar-refractivity contribution in [2.75, 3.05) is 6.61 Å². The maximum absolute atomic E-state index is 12.2. The number of hydrogen-bond donors (Lipinski definition) is 0. The first kappa shape index (κ1) is 25.2. The Balaban J connectivity index is 1.57. The number of rotatable bonds is 8. The molecule has 0 amide bonds. The molecule has 0 aromatic carbocycles. The molecule has 35 heavy (non-hydrogen) atoms. The first-order valence-electron chi connectivity index (χ1n) is 12.8. The molecule has 0 saturated carbocycles. The summed E-state index contributed by atoms with van der Waals surface area (Å²) in [6.45, 7) is 4.84. The second-order valence-electron chi connectivity index (χ2n) is 9.83. The van der Waals surface area contributed by atoms with Gasteiger partial charge < -0.3 is 9.53 Å². The highest BCUT2D eigenvalue weighted by molar-refractivity contribution is 5.90. The molecule has 2 aromatic rings. The van der Waals surface area contributed by atoms with Gasteiger partial charge in [0.25, 0.3) is 0 Å². The van der Waals surface area contributed by atoms with Crippen LogP contribution in [-0.4, -0.2) is 38.7 Å². The molecule has 1 saturated heterocycles. The van der Waals surface area contributed by atoms with Crippen molar-refractivity contribution in [1.29, 1.82) is 0 Å². The van der Waals surface area contributed by atoms with E-state index in [0.717, 1.165) is 73.2 Å². The van der Waals surface area contributed by atoms with Crippen LogP contribution in [0.3, 0.4) is 0 Å². The van der Waals surface area contributed by atoms with Crippen molar-refractivity contribution >= 4 is 12.1 Å². The molecule has 1 aliphatic carbocycles. The van der Waals surface area contributed by atoms with Gasteiger partial charge in [-0.05, 0) is 63.0 Å². The highest BCUT2D eigenvalue weighted by Crippen LogP contribution is 2.35. The first-order chi connectivity index (χ1) is 17.0. The van der Waals surface area contributed by atoms with E-state index in [-0.39, 0.29) is 17.8 Å². The summed E-state index contributed by atoms with van der Waals surface area (Å²) in [7, 11) is 1.92. The zero-order chi connectivity index (χ0) is 24.8. The van der Waals surface area contributed by atoms with Gasteiger partial charge in [-0.2, -0.15) is 0 Å². The summed E-state index contributed by atoms with van der Waals surface area (Å²) in [4.78, 5) is 28.0. The minimum atomic E-state index is -0.0285. The third-order valence-corrected chi connectivity index (χ3v) is 7.17. The Morgan fingerprint density at radius 3 is 2.86 bits per heavy atom. The number of carbonyl (C=O) groups is 2. The van der Waals surface area contributed by atoms with Crippen LogP contribution in [0.15, 0.2) is 35.9 Å². The quantitative estimate of drug-likeness (QED) is 0.496. The predicted octanol–water partition coefficient (Wildman–Crippen LogP) is 5.05. The summed E-state index contributed by atoms with van der Waals surface area (Å²) < 4.78 is 7.86. The molecular weight excluding hydrogens is 440 g/mol. The van der Waals surface area contributed by atoms with Crippen molar-refractivity contribution < 1.29 is 14.3 Å². The molecule has 0 spiro atoms. The fourth-order valence-electron chi connectivity index (χ4n) is 5.20. The number of aromatic nitrogens is 4. The smallest absolute Gasteiger partial charge is 0.155 e. The summed E-state index contributed by atoms with van der Waals surface area (Å²) in [5.41, 5.74) is 5.84. The lowest BCUT2D eigenvalue weighted by Gasteiger charge is -2.29. The maximum Gasteiger partial charge on any atom is 0.155 e. The molecule has 0 N–H and O–H groups in total. The molecule has 3 unspecified atom stereocenters. The molecular formula is C28H36N4O3. The van der Waals surface area contributed by atoms with Crippen LogP contribution in [0.5, 0.6) is 0 Å². The highest BCUT2D eigenvalue weighted by atomic mass is 16.5. The van der Waals surface area contributed by atoms with E-state index in [4.69, 9.17) is 9.72 Å². The molecule has 1 fully saturated rings. The van der Waals surface area contributed by atoms with Crippen LogP contribution in [0, 0.1) is 18.8 Å². The van der Waals surface area contributed by atoms with Gasteiger partial charge in [-0.15, -0.1) is 5.10 Å². The average Bonchev–Trinajstić information content (AvgIpc) is 3.20. The zero-order valence-corrected chi connectivity index (χ0v) is 21.1. The second-order valence-corrected chi connectivity index (χ2v) is 9.83. The minimum Gasteiger partial charge on any atom is -0.373 e. The Kier molecular flexibility index (Phi) is 8.39. The highest BCUT2D eigenvalue weighted by Gasteiger charge is 2.26. The van der Waals surface area contributed by atoms with Gasteiger partial charge in [0.1, 0.15) is 12.0 Å². The normalized spacial score (nSPS) is 25.4. The Morgan fingerprint density at radius 2 is 2.09 bits per heavy atom. The van der Waals surface area contributed by atoms with E-state index < -0.39 is 0 Å². The number of ether oxygens (including phenoxy) is 1. The van der Waals surface area contributed by atoms with Crippen LogP contribution in [0.25, 0.3) is 11.4 Å². The van der Waals surface area contributed by atoms with Crippen LogP contribution >= 0.6 is 0 Å². The average molecular weight is 477 g/mol. The molecule has 0 bridgehead atoms. The minimum absolute atomic E-state index is 0.0285. The van der Waals surface area contributed by atoms with Gasteiger partial charge >= 0.3 is 0 Å². The summed E-state index contributed by atoms with van der Waals surface area (Å²) >= 11 is 0. The molecule has 4 rings (SSSR count). The van der Waals surface area contributed by atoms with Crippen molar-refractivity contribution in [3.8, 4) is 11.4 Å². The molecule has 7 heteroatoms. The van der Waals surface area contributed by atoms with Gasteiger partial charge in [-0.3, -0.25) is 14.5 Å². The Labute approximate surface area is 207 Å². The molecule has 3 atom stereocenters. The van der Waals surface area contributed by atoms with Gasteiger partial charge in [-0.1, -0.05) is 42.3 Å². The molecule has 2 aromatic heterocycles.